The summed E-state index contributed by atoms with van der Waals surface area (Å²) < 4.78 is 1.94. The van der Waals surface area contributed by atoms with Crippen molar-refractivity contribution < 1.29 is 4.79 Å². The number of amides is 1. The van der Waals surface area contributed by atoms with Crippen molar-refractivity contribution in [2.45, 2.75) is 27.3 Å². The predicted molar refractivity (Wildman–Crippen MR) is 116 cm³/mol. The lowest BCUT2D eigenvalue weighted by Crippen LogP contribution is -2.30. The van der Waals surface area contributed by atoms with Gasteiger partial charge in [0.25, 0.3) is 5.56 Å². The van der Waals surface area contributed by atoms with Gasteiger partial charge in [-0.25, -0.2) is 9.67 Å². The average molecular weight is 404 g/mol. The molecule has 146 valence electrons. The van der Waals surface area contributed by atoms with Crippen LogP contribution in [0.25, 0.3) is 21.5 Å². The second-order valence-corrected chi connectivity index (χ2v) is 8.16. The third-order valence-electron chi connectivity index (χ3n) is 4.61. The highest BCUT2D eigenvalue weighted by Gasteiger charge is 2.18. The van der Waals surface area contributed by atoms with Crippen LogP contribution in [0, 0.1) is 20.8 Å². The molecule has 0 aliphatic carbocycles. The van der Waals surface area contributed by atoms with E-state index in [9.17, 15) is 9.59 Å². The van der Waals surface area contributed by atoms with E-state index in [1.165, 1.54) is 16.0 Å². The summed E-state index contributed by atoms with van der Waals surface area (Å²) in [6.07, 6.45) is 0. The van der Waals surface area contributed by atoms with Crippen LogP contribution in [0.2, 0.25) is 0 Å². The van der Waals surface area contributed by atoms with Crippen molar-refractivity contribution in [2.75, 3.05) is 5.32 Å². The summed E-state index contributed by atoms with van der Waals surface area (Å²) in [5, 5.41) is 8.19. The lowest BCUT2D eigenvalue weighted by molar-refractivity contribution is -0.117. The molecule has 7 heteroatoms. The molecule has 0 bridgehead atoms. The number of hydrogen-bond acceptors (Lipinski definition) is 5. The van der Waals surface area contributed by atoms with Gasteiger partial charge < -0.3 is 5.32 Å². The second kappa shape index (κ2) is 7.60. The molecule has 29 heavy (non-hydrogen) atoms. The fourth-order valence-electron chi connectivity index (χ4n) is 3.15. The number of aromatic nitrogens is 3. The number of nitrogens with one attached hydrogen (secondary N) is 1. The van der Waals surface area contributed by atoms with Crippen molar-refractivity contribution >= 4 is 33.1 Å². The van der Waals surface area contributed by atoms with Gasteiger partial charge in [0.05, 0.1) is 9.71 Å². The van der Waals surface area contributed by atoms with Crippen LogP contribution < -0.4 is 10.9 Å². The van der Waals surface area contributed by atoms with Crippen LogP contribution in [-0.4, -0.2) is 20.7 Å². The van der Waals surface area contributed by atoms with E-state index in [0.29, 0.717) is 11.2 Å². The van der Waals surface area contributed by atoms with Gasteiger partial charge in [-0.2, -0.15) is 5.10 Å². The Kier molecular flexibility index (Phi) is 4.98. The molecular weight excluding hydrogens is 384 g/mol. The molecule has 0 aliphatic heterocycles. The number of rotatable bonds is 4. The van der Waals surface area contributed by atoms with E-state index in [1.54, 1.807) is 0 Å². The van der Waals surface area contributed by atoms with Crippen LogP contribution in [0.5, 0.6) is 0 Å². The Balaban J connectivity index is 1.74. The van der Waals surface area contributed by atoms with Crippen LogP contribution >= 0.6 is 11.3 Å². The number of carbonyl (C=O) groups excluding carboxylic acids is 1. The molecule has 1 amide bonds. The Morgan fingerprint density at radius 2 is 1.86 bits per heavy atom. The maximum absolute atomic E-state index is 12.9. The van der Waals surface area contributed by atoms with Crippen LogP contribution in [0.1, 0.15) is 16.1 Å². The molecule has 0 fully saturated rings. The highest BCUT2D eigenvalue weighted by Crippen LogP contribution is 2.29. The largest absolute Gasteiger partial charge is 0.324 e. The number of hydrogen-bond donors (Lipinski definition) is 1. The monoisotopic (exact) mass is 404 g/mol. The van der Waals surface area contributed by atoms with Crippen molar-refractivity contribution in [1.82, 2.24) is 14.8 Å². The van der Waals surface area contributed by atoms with Crippen molar-refractivity contribution in [3.8, 4) is 11.3 Å². The molecule has 0 unspecified atom stereocenters. The van der Waals surface area contributed by atoms with E-state index < -0.39 is 0 Å². The first-order valence-corrected chi connectivity index (χ1v) is 10.0. The molecule has 4 rings (SSSR count). The molecule has 0 saturated heterocycles. The number of anilines is 1. The van der Waals surface area contributed by atoms with E-state index in [4.69, 9.17) is 0 Å². The first-order chi connectivity index (χ1) is 13.9. The topological polar surface area (TPSA) is 76.9 Å². The standard InChI is InChI=1S/C22H20N4O2S/c1-13-9-10-14(2)17(11-13)24-18(27)12-26-22(28)20-21(29-15(3)23-20)19(25-26)16-7-5-4-6-8-16/h4-11H,12H2,1-3H3,(H,24,27). The van der Waals surface area contributed by atoms with E-state index >= 15 is 0 Å². The predicted octanol–water partition coefficient (Wildman–Crippen LogP) is 4.08. The number of thiazole rings is 1. The van der Waals surface area contributed by atoms with E-state index in [-0.39, 0.29) is 18.0 Å². The fraction of sp³-hybridized carbons (Fsp3) is 0.182. The van der Waals surface area contributed by atoms with Gasteiger partial charge in [0.2, 0.25) is 5.91 Å². The first-order valence-electron chi connectivity index (χ1n) is 9.23. The van der Waals surface area contributed by atoms with Gasteiger partial charge in [-0.15, -0.1) is 11.3 Å². The van der Waals surface area contributed by atoms with Crippen molar-refractivity contribution in [1.29, 1.82) is 0 Å². The maximum Gasteiger partial charge on any atom is 0.294 e. The zero-order valence-electron chi connectivity index (χ0n) is 16.4. The molecule has 1 N–H and O–H groups in total. The zero-order valence-corrected chi connectivity index (χ0v) is 17.2. The van der Waals surface area contributed by atoms with Gasteiger partial charge in [0.15, 0.2) is 5.52 Å². The molecule has 0 aliphatic rings. The molecule has 2 heterocycles. The van der Waals surface area contributed by atoms with Crippen molar-refractivity contribution in [2.24, 2.45) is 0 Å². The molecule has 6 nitrogen and oxygen atoms in total. The highest BCUT2D eigenvalue weighted by atomic mass is 32.1. The maximum atomic E-state index is 12.9. The summed E-state index contributed by atoms with van der Waals surface area (Å²) in [5.41, 5.74) is 4.26. The molecule has 0 saturated carbocycles. The van der Waals surface area contributed by atoms with Crippen LogP contribution in [0.4, 0.5) is 5.69 Å². The number of benzene rings is 2. The van der Waals surface area contributed by atoms with Gasteiger partial charge in [0, 0.05) is 11.3 Å². The molecule has 0 atom stereocenters. The van der Waals surface area contributed by atoms with E-state index in [2.05, 4.69) is 15.4 Å². The molecule has 4 aromatic rings. The Hall–Kier alpha value is -3.32. The fourth-order valence-corrected chi connectivity index (χ4v) is 4.07. The van der Waals surface area contributed by atoms with E-state index in [0.717, 1.165) is 32.1 Å². The minimum absolute atomic E-state index is 0.182. The molecular formula is C22H20N4O2S. The third-order valence-corrected chi connectivity index (χ3v) is 5.59. The van der Waals surface area contributed by atoms with Crippen LogP contribution in [-0.2, 0) is 11.3 Å². The molecule has 0 spiro atoms. The highest BCUT2D eigenvalue weighted by molar-refractivity contribution is 7.19. The SMILES string of the molecule is Cc1ccc(C)c(NC(=O)Cn2nc(-c3ccccc3)c3sc(C)nc3c2=O)c1. The van der Waals surface area contributed by atoms with Crippen LogP contribution in [0.3, 0.4) is 0 Å². The van der Waals surface area contributed by atoms with Crippen LogP contribution in [0.15, 0.2) is 53.3 Å². The smallest absolute Gasteiger partial charge is 0.294 e. The summed E-state index contributed by atoms with van der Waals surface area (Å²) in [6.45, 7) is 5.57. The Morgan fingerprint density at radius 1 is 1.10 bits per heavy atom. The number of fused-ring (bicyclic) bond motifs is 1. The van der Waals surface area contributed by atoms with Crippen molar-refractivity contribution in [3.05, 3.63) is 75.0 Å². The quantitative estimate of drug-likeness (QED) is 0.556. The Bertz CT molecular complexity index is 1280. The summed E-state index contributed by atoms with van der Waals surface area (Å²) in [7, 11) is 0. The van der Waals surface area contributed by atoms with Gasteiger partial charge in [-0.3, -0.25) is 9.59 Å². The summed E-state index contributed by atoms with van der Waals surface area (Å²) in [4.78, 5) is 29.9. The van der Waals surface area contributed by atoms with Crippen molar-refractivity contribution in [3.63, 3.8) is 0 Å². The second-order valence-electron chi connectivity index (χ2n) is 6.95. The lowest BCUT2D eigenvalue weighted by Gasteiger charge is -2.11. The number of aryl methyl sites for hydroxylation is 3. The molecule has 2 aromatic carbocycles. The van der Waals surface area contributed by atoms with Gasteiger partial charge in [-0.1, -0.05) is 42.5 Å². The Labute approximate surface area is 171 Å². The minimum Gasteiger partial charge on any atom is -0.324 e. The molecule has 2 aromatic heterocycles. The number of carbonyl (C=O) groups is 1. The van der Waals surface area contributed by atoms with Gasteiger partial charge in [-0.05, 0) is 38.0 Å². The first kappa shape index (κ1) is 19.0. The third kappa shape index (κ3) is 3.82. The summed E-state index contributed by atoms with van der Waals surface area (Å²) in [6, 6.07) is 15.5. The summed E-state index contributed by atoms with van der Waals surface area (Å²) in [5.74, 6) is -0.307. The zero-order chi connectivity index (χ0) is 20.5. The average Bonchev–Trinajstić information content (AvgIpc) is 3.09. The van der Waals surface area contributed by atoms with Gasteiger partial charge in [0.1, 0.15) is 12.2 Å². The van der Waals surface area contributed by atoms with E-state index in [1.807, 2.05) is 69.3 Å². The minimum atomic E-state index is -0.361. The lowest BCUT2D eigenvalue weighted by atomic mass is 10.1. The Morgan fingerprint density at radius 3 is 2.62 bits per heavy atom. The molecule has 0 radical (unpaired) electrons. The van der Waals surface area contributed by atoms with Gasteiger partial charge >= 0.3 is 0 Å². The summed E-state index contributed by atoms with van der Waals surface area (Å²) >= 11 is 1.43. The normalized spacial score (nSPS) is 11.0. The number of nitrogens with zero attached hydrogens (tertiary/aromatic N) is 3.